The first-order chi connectivity index (χ1) is 12.7. The lowest BCUT2D eigenvalue weighted by Gasteiger charge is -2.11. The van der Waals surface area contributed by atoms with Crippen LogP contribution in [0.5, 0.6) is 0 Å². The fourth-order valence-electron chi connectivity index (χ4n) is 2.68. The maximum absolute atomic E-state index is 12.1. The second kappa shape index (κ2) is 9.69. The Hall–Kier alpha value is -1.92. The Morgan fingerprint density at radius 1 is 1.00 bits per heavy atom. The maximum atomic E-state index is 12.1. The largest absolute Gasteiger partial charge is 0.352 e. The molecule has 2 amide bonds. The highest BCUT2D eigenvalue weighted by atomic mass is 32.2. The molecular formula is C20H22N2O2S2. The van der Waals surface area contributed by atoms with E-state index in [4.69, 9.17) is 0 Å². The van der Waals surface area contributed by atoms with Crippen molar-refractivity contribution in [1.82, 2.24) is 5.32 Å². The van der Waals surface area contributed by atoms with E-state index in [1.54, 1.807) is 12.1 Å². The van der Waals surface area contributed by atoms with Gasteiger partial charge in [0.15, 0.2) is 0 Å². The number of thioether (sulfide) groups is 2. The fourth-order valence-corrected chi connectivity index (χ4v) is 5.52. The lowest BCUT2D eigenvalue weighted by Crippen LogP contribution is -2.25. The summed E-state index contributed by atoms with van der Waals surface area (Å²) in [6.07, 6.45) is 0.991. The van der Waals surface area contributed by atoms with Crippen molar-refractivity contribution in [3.05, 3.63) is 65.7 Å². The van der Waals surface area contributed by atoms with Crippen molar-refractivity contribution in [3.63, 3.8) is 0 Å². The fraction of sp³-hybridized carbons (Fsp3) is 0.300. The van der Waals surface area contributed by atoms with Gasteiger partial charge in [0.25, 0.3) is 5.91 Å². The molecule has 0 radical (unpaired) electrons. The molecule has 136 valence electrons. The summed E-state index contributed by atoms with van der Waals surface area (Å²) >= 11 is 3.90. The molecule has 1 saturated heterocycles. The number of hydrogen-bond donors (Lipinski definition) is 2. The lowest BCUT2D eigenvalue weighted by atomic mass is 10.2. The van der Waals surface area contributed by atoms with Crippen LogP contribution in [-0.2, 0) is 4.79 Å². The quantitative estimate of drug-likeness (QED) is 0.696. The first-order valence-corrected chi connectivity index (χ1v) is 10.8. The maximum Gasteiger partial charge on any atom is 0.251 e. The molecule has 0 spiro atoms. The molecule has 0 aromatic heterocycles. The molecule has 26 heavy (non-hydrogen) atoms. The summed E-state index contributed by atoms with van der Waals surface area (Å²) in [4.78, 5) is 24.1. The van der Waals surface area contributed by atoms with E-state index in [0.717, 1.165) is 5.69 Å². The Bertz CT molecular complexity index is 746. The normalized spacial score (nSPS) is 14.2. The van der Waals surface area contributed by atoms with Crippen molar-refractivity contribution >= 4 is 41.0 Å². The van der Waals surface area contributed by atoms with Crippen LogP contribution in [0.4, 0.5) is 5.69 Å². The van der Waals surface area contributed by atoms with Crippen LogP contribution < -0.4 is 10.6 Å². The summed E-state index contributed by atoms with van der Waals surface area (Å²) in [5.74, 6) is 2.23. The SMILES string of the molecule is O=C(CCCNC(=O)c1ccccc1)Nc1cccc(C2SCCS2)c1. The van der Waals surface area contributed by atoms with Crippen LogP contribution in [0.3, 0.4) is 0 Å². The Morgan fingerprint density at radius 2 is 1.77 bits per heavy atom. The van der Waals surface area contributed by atoms with Crippen LogP contribution in [0.1, 0.15) is 33.3 Å². The van der Waals surface area contributed by atoms with Crippen LogP contribution in [0.2, 0.25) is 0 Å². The molecule has 2 aromatic rings. The number of rotatable bonds is 7. The van der Waals surface area contributed by atoms with Gasteiger partial charge in [-0.05, 0) is 36.2 Å². The molecule has 1 heterocycles. The van der Waals surface area contributed by atoms with Gasteiger partial charge in [0.1, 0.15) is 0 Å². The summed E-state index contributed by atoms with van der Waals surface area (Å²) in [7, 11) is 0. The average Bonchev–Trinajstić information content (AvgIpc) is 3.21. The highest BCUT2D eigenvalue weighted by molar-refractivity contribution is 8.19. The van der Waals surface area contributed by atoms with Crippen LogP contribution in [0.15, 0.2) is 54.6 Å². The number of hydrogen-bond acceptors (Lipinski definition) is 4. The minimum atomic E-state index is -0.106. The van der Waals surface area contributed by atoms with E-state index in [9.17, 15) is 9.59 Å². The van der Waals surface area contributed by atoms with E-state index in [-0.39, 0.29) is 11.8 Å². The van der Waals surface area contributed by atoms with E-state index in [1.165, 1.54) is 17.1 Å². The van der Waals surface area contributed by atoms with Gasteiger partial charge in [0.05, 0.1) is 4.58 Å². The number of anilines is 1. The van der Waals surface area contributed by atoms with Crippen molar-refractivity contribution in [1.29, 1.82) is 0 Å². The number of carbonyl (C=O) groups is 2. The summed E-state index contributed by atoms with van der Waals surface area (Å²) in [6, 6.07) is 17.2. The predicted octanol–water partition coefficient (Wildman–Crippen LogP) is 4.31. The number of benzene rings is 2. The summed E-state index contributed by atoms with van der Waals surface area (Å²) < 4.78 is 0.472. The summed E-state index contributed by atoms with van der Waals surface area (Å²) in [5.41, 5.74) is 2.73. The molecule has 1 aliphatic rings. The Kier molecular flexibility index (Phi) is 7.03. The van der Waals surface area contributed by atoms with Crippen molar-refractivity contribution in [3.8, 4) is 0 Å². The molecule has 2 N–H and O–H groups in total. The monoisotopic (exact) mass is 386 g/mol. The lowest BCUT2D eigenvalue weighted by molar-refractivity contribution is -0.116. The topological polar surface area (TPSA) is 58.2 Å². The molecule has 6 heteroatoms. The second-order valence-electron chi connectivity index (χ2n) is 5.97. The van der Waals surface area contributed by atoms with Gasteiger partial charge in [0, 0.05) is 35.7 Å². The molecule has 3 rings (SSSR count). The molecule has 1 aliphatic heterocycles. The summed E-state index contributed by atoms with van der Waals surface area (Å²) in [5, 5.41) is 5.80. The van der Waals surface area contributed by atoms with E-state index in [2.05, 4.69) is 22.8 Å². The molecule has 0 unspecified atom stereocenters. The van der Waals surface area contributed by atoms with Gasteiger partial charge in [-0.1, -0.05) is 30.3 Å². The van der Waals surface area contributed by atoms with Gasteiger partial charge in [-0.15, -0.1) is 23.5 Å². The van der Waals surface area contributed by atoms with Crippen LogP contribution in [0, 0.1) is 0 Å². The van der Waals surface area contributed by atoms with E-state index in [1.807, 2.05) is 53.9 Å². The zero-order valence-electron chi connectivity index (χ0n) is 14.4. The van der Waals surface area contributed by atoms with Crippen molar-refractivity contribution in [2.24, 2.45) is 0 Å². The zero-order valence-corrected chi connectivity index (χ0v) is 16.1. The minimum Gasteiger partial charge on any atom is -0.352 e. The zero-order chi connectivity index (χ0) is 18.2. The number of nitrogens with one attached hydrogen (secondary N) is 2. The van der Waals surface area contributed by atoms with E-state index >= 15 is 0 Å². The van der Waals surface area contributed by atoms with Crippen LogP contribution >= 0.6 is 23.5 Å². The highest BCUT2D eigenvalue weighted by Crippen LogP contribution is 2.45. The standard InChI is InChI=1S/C20H22N2O2S2/c23-18(10-5-11-21-19(24)15-6-2-1-3-7-15)22-17-9-4-8-16(14-17)20-25-12-13-26-20/h1-4,6-9,14,20H,5,10-13H2,(H,21,24)(H,22,23). The van der Waals surface area contributed by atoms with Gasteiger partial charge in [0.2, 0.25) is 5.91 Å². The number of amides is 2. The van der Waals surface area contributed by atoms with Gasteiger partial charge in [-0.3, -0.25) is 9.59 Å². The van der Waals surface area contributed by atoms with Gasteiger partial charge < -0.3 is 10.6 Å². The number of carbonyl (C=O) groups excluding carboxylic acids is 2. The molecule has 0 aliphatic carbocycles. The third-order valence-corrected chi connectivity index (χ3v) is 7.07. The average molecular weight is 387 g/mol. The first kappa shape index (κ1) is 18.9. The summed E-state index contributed by atoms with van der Waals surface area (Å²) in [6.45, 7) is 0.483. The Labute approximate surface area is 162 Å². The molecule has 4 nitrogen and oxygen atoms in total. The van der Waals surface area contributed by atoms with Gasteiger partial charge >= 0.3 is 0 Å². The molecule has 2 aromatic carbocycles. The Morgan fingerprint density at radius 3 is 2.54 bits per heavy atom. The highest BCUT2D eigenvalue weighted by Gasteiger charge is 2.18. The smallest absolute Gasteiger partial charge is 0.251 e. The molecule has 0 saturated carbocycles. The predicted molar refractivity (Wildman–Crippen MR) is 111 cm³/mol. The van der Waals surface area contributed by atoms with Gasteiger partial charge in [-0.25, -0.2) is 0 Å². The first-order valence-electron chi connectivity index (χ1n) is 8.68. The Balaban J connectivity index is 1.40. The second-order valence-corrected chi connectivity index (χ2v) is 8.70. The van der Waals surface area contributed by atoms with E-state index < -0.39 is 0 Å². The van der Waals surface area contributed by atoms with Crippen LogP contribution in [-0.4, -0.2) is 29.9 Å². The molecule has 0 bridgehead atoms. The molecule has 0 atom stereocenters. The third-order valence-electron chi connectivity index (χ3n) is 3.97. The third kappa shape index (κ3) is 5.54. The van der Waals surface area contributed by atoms with E-state index in [0.29, 0.717) is 29.5 Å². The molecule has 1 fully saturated rings. The van der Waals surface area contributed by atoms with Crippen LogP contribution in [0.25, 0.3) is 0 Å². The minimum absolute atomic E-state index is 0.0251. The van der Waals surface area contributed by atoms with Crippen molar-refractivity contribution in [2.75, 3.05) is 23.4 Å². The van der Waals surface area contributed by atoms with Gasteiger partial charge in [-0.2, -0.15) is 0 Å². The van der Waals surface area contributed by atoms with Crippen molar-refractivity contribution in [2.45, 2.75) is 17.4 Å². The molecular weight excluding hydrogens is 364 g/mol. The van der Waals surface area contributed by atoms with Crippen molar-refractivity contribution < 1.29 is 9.59 Å².